The highest BCUT2D eigenvalue weighted by atomic mass is 35.5. The van der Waals surface area contributed by atoms with Crippen LogP contribution in [0.25, 0.3) is 0 Å². The molecule has 1 aliphatic heterocycles. The normalized spacial score (nSPS) is 16.8. The Labute approximate surface area is 98.7 Å². The molecule has 2 N–H and O–H groups in total. The molecular formula is C10H12Cl2N2O. The number of nitrogen functional groups attached to an aromatic ring is 1. The Kier molecular flexibility index (Phi) is 3.24. The van der Waals surface area contributed by atoms with Gasteiger partial charge in [0, 0.05) is 18.1 Å². The van der Waals surface area contributed by atoms with E-state index in [1.807, 2.05) is 0 Å². The number of morpholine rings is 1. The average Bonchev–Trinajstić information content (AvgIpc) is 2.17. The molecule has 1 aliphatic rings. The predicted molar refractivity (Wildman–Crippen MR) is 63.9 cm³/mol. The highest BCUT2D eigenvalue weighted by Crippen LogP contribution is 2.35. The zero-order chi connectivity index (χ0) is 10.8. The second-order valence-electron chi connectivity index (χ2n) is 3.42. The average molecular weight is 247 g/mol. The molecule has 1 aromatic carbocycles. The smallest absolute Gasteiger partial charge is 0.0791 e. The molecule has 0 unspecified atom stereocenters. The molecule has 0 amide bonds. The zero-order valence-electron chi connectivity index (χ0n) is 8.17. The van der Waals surface area contributed by atoms with E-state index in [0.29, 0.717) is 28.9 Å². The molecule has 0 atom stereocenters. The van der Waals surface area contributed by atoms with Crippen molar-refractivity contribution in [2.75, 3.05) is 36.9 Å². The molecule has 0 bridgehead atoms. The summed E-state index contributed by atoms with van der Waals surface area (Å²) in [6.45, 7) is 3.04. The number of halogens is 2. The van der Waals surface area contributed by atoms with Crippen LogP contribution in [0.5, 0.6) is 0 Å². The van der Waals surface area contributed by atoms with Gasteiger partial charge in [-0.05, 0) is 12.1 Å². The molecule has 3 nitrogen and oxygen atoms in total. The number of ether oxygens (including phenoxy) is 1. The summed E-state index contributed by atoms with van der Waals surface area (Å²) in [7, 11) is 0. The van der Waals surface area contributed by atoms with Crippen molar-refractivity contribution in [3.8, 4) is 0 Å². The van der Waals surface area contributed by atoms with Crippen LogP contribution >= 0.6 is 23.2 Å². The molecule has 2 rings (SSSR count). The van der Waals surface area contributed by atoms with Gasteiger partial charge in [0.25, 0.3) is 0 Å². The first-order valence-electron chi connectivity index (χ1n) is 4.75. The highest BCUT2D eigenvalue weighted by molar-refractivity contribution is 6.37. The first-order valence-corrected chi connectivity index (χ1v) is 5.51. The number of hydrogen-bond acceptors (Lipinski definition) is 3. The van der Waals surface area contributed by atoms with Gasteiger partial charge in [0.2, 0.25) is 0 Å². The molecule has 1 fully saturated rings. The Morgan fingerprint density at radius 3 is 2.47 bits per heavy atom. The Hall–Kier alpha value is -0.640. The summed E-state index contributed by atoms with van der Waals surface area (Å²) in [4.78, 5) is 2.12. The Balaban J connectivity index is 2.33. The first kappa shape index (κ1) is 10.9. The number of benzene rings is 1. The molecule has 15 heavy (non-hydrogen) atoms. The van der Waals surface area contributed by atoms with Gasteiger partial charge >= 0.3 is 0 Å². The van der Waals surface area contributed by atoms with E-state index in [0.717, 1.165) is 18.8 Å². The summed E-state index contributed by atoms with van der Waals surface area (Å²) in [6, 6.07) is 3.43. The molecule has 0 spiro atoms. The third-order valence-corrected chi connectivity index (χ3v) is 2.89. The fourth-order valence-electron chi connectivity index (χ4n) is 1.71. The van der Waals surface area contributed by atoms with Crippen LogP contribution in [-0.4, -0.2) is 26.3 Å². The lowest BCUT2D eigenvalue weighted by Crippen LogP contribution is -2.36. The van der Waals surface area contributed by atoms with Crippen LogP contribution in [0.3, 0.4) is 0 Å². The van der Waals surface area contributed by atoms with Crippen LogP contribution in [0.4, 0.5) is 11.4 Å². The molecule has 82 valence electrons. The van der Waals surface area contributed by atoms with Crippen LogP contribution in [0.2, 0.25) is 10.0 Å². The fourth-order valence-corrected chi connectivity index (χ4v) is 2.34. The number of hydrogen-bond donors (Lipinski definition) is 1. The maximum Gasteiger partial charge on any atom is 0.0791 e. The van der Waals surface area contributed by atoms with Crippen molar-refractivity contribution < 1.29 is 4.74 Å². The Morgan fingerprint density at radius 2 is 1.87 bits per heavy atom. The Bertz CT molecular complexity index is 341. The number of rotatable bonds is 1. The van der Waals surface area contributed by atoms with E-state index in [9.17, 15) is 0 Å². The van der Waals surface area contributed by atoms with Gasteiger partial charge in [0.1, 0.15) is 0 Å². The van der Waals surface area contributed by atoms with E-state index in [4.69, 9.17) is 33.7 Å². The lowest BCUT2D eigenvalue weighted by molar-refractivity contribution is 0.123. The number of anilines is 2. The van der Waals surface area contributed by atoms with Crippen LogP contribution < -0.4 is 10.6 Å². The van der Waals surface area contributed by atoms with Crippen molar-refractivity contribution in [3.05, 3.63) is 22.2 Å². The van der Waals surface area contributed by atoms with Crippen LogP contribution in [0, 0.1) is 0 Å². The maximum atomic E-state index is 6.12. The third-order valence-electron chi connectivity index (χ3n) is 2.38. The van der Waals surface area contributed by atoms with Gasteiger partial charge in [-0.25, -0.2) is 0 Å². The van der Waals surface area contributed by atoms with E-state index < -0.39 is 0 Å². The Morgan fingerprint density at radius 1 is 1.20 bits per heavy atom. The van der Waals surface area contributed by atoms with Gasteiger partial charge in [0.05, 0.1) is 29.6 Å². The zero-order valence-corrected chi connectivity index (χ0v) is 9.68. The topological polar surface area (TPSA) is 38.5 Å². The first-order chi connectivity index (χ1) is 7.18. The van der Waals surface area contributed by atoms with E-state index in [2.05, 4.69) is 4.90 Å². The quantitative estimate of drug-likeness (QED) is 0.774. The van der Waals surface area contributed by atoms with E-state index in [1.54, 1.807) is 12.1 Å². The number of nitrogens with two attached hydrogens (primary N) is 1. The molecule has 0 aromatic heterocycles. The summed E-state index contributed by atoms with van der Waals surface area (Å²) >= 11 is 12.0. The second kappa shape index (κ2) is 4.47. The van der Waals surface area contributed by atoms with Gasteiger partial charge < -0.3 is 15.4 Å². The summed E-state index contributed by atoms with van der Waals surface area (Å²) < 4.78 is 5.27. The van der Waals surface area contributed by atoms with E-state index in [-0.39, 0.29) is 0 Å². The molecule has 0 aliphatic carbocycles. The van der Waals surface area contributed by atoms with Crippen molar-refractivity contribution >= 4 is 34.6 Å². The molecule has 5 heteroatoms. The van der Waals surface area contributed by atoms with Crippen LogP contribution in [0.1, 0.15) is 0 Å². The van der Waals surface area contributed by atoms with Crippen LogP contribution in [0.15, 0.2) is 12.1 Å². The third kappa shape index (κ3) is 2.30. The van der Waals surface area contributed by atoms with E-state index in [1.165, 1.54) is 0 Å². The lowest BCUT2D eigenvalue weighted by Gasteiger charge is -2.30. The monoisotopic (exact) mass is 246 g/mol. The van der Waals surface area contributed by atoms with Crippen molar-refractivity contribution in [3.63, 3.8) is 0 Å². The van der Waals surface area contributed by atoms with Gasteiger partial charge in [-0.2, -0.15) is 0 Å². The molecule has 0 saturated carbocycles. The van der Waals surface area contributed by atoms with Gasteiger partial charge in [-0.15, -0.1) is 0 Å². The van der Waals surface area contributed by atoms with Crippen LogP contribution in [-0.2, 0) is 4.74 Å². The summed E-state index contributed by atoms with van der Waals surface area (Å²) in [6.07, 6.45) is 0. The second-order valence-corrected chi connectivity index (χ2v) is 4.27. The molecule has 1 heterocycles. The molecule has 1 aromatic rings. The summed E-state index contributed by atoms with van der Waals surface area (Å²) in [5.74, 6) is 0. The van der Waals surface area contributed by atoms with Gasteiger partial charge in [-0.3, -0.25) is 0 Å². The minimum Gasteiger partial charge on any atom is -0.397 e. The fraction of sp³-hybridized carbons (Fsp3) is 0.400. The lowest BCUT2D eigenvalue weighted by atomic mass is 10.2. The predicted octanol–water partition coefficient (Wildman–Crippen LogP) is 2.41. The van der Waals surface area contributed by atoms with Crippen molar-refractivity contribution in [1.29, 1.82) is 0 Å². The van der Waals surface area contributed by atoms with Crippen molar-refractivity contribution in [1.82, 2.24) is 0 Å². The largest absolute Gasteiger partial charge is 0.397 e. The van der Waals surface area contributed by atoms with Gasteiger partial charge in [-0.1, -0.05) is 23.2 Å². The minimum atomic E-state index is 0.564. The highest BCUT2D eigenvalue weighted by Gasteiger charge is 2.17. The van der Waals surface area contributed by atoms with Crippen molar-refractivity contribution in [2.24, 2.45) is 0 Å². The molecule has 1 saturated heterocycles. The van der Waals surface area contributed by atoms with Gasteiger partial charge in [0.15, 0.2) is 0 Å². The maximum absolute atomic E-state index is 6.12. The molecular weight excluding hydrogens is 235 g/mol. The molecule has 0 radical (unpaired) electrons. The van der Waals surface area contributed by atoms with E-state index >= 15 is 0 Å². The summed E-state index contributed by atoms with van der Waals surface area (Å²) in [5, 5.41) is 1.16. The van der Waals surface area contributed by atoms with Crippen molar-refractivity contribution in [2.45, 2.75) is 0 Å². The standard InChI is InChI=1S/C10H12Cl2N2O/c11-7-5-8(12)10(9(13)6-7)14-1-3-15-4-2-14/h5-6H,1-4,13H2. The summed E-state index contributed by atoms with van der Waals surface area (Å²) in [5.41, 5.74) is 7.39. The SMILES string of the molecule is Nc1cc(Cl)cc(Cl)c1N1CCOCC1. The number of nitrogens with zero attached hydrogens (tertiary/aromatic N) is 1. The minimum absolute atomic E-state index is 0.564.